The fraction of sp³-hybridized carbons (Fsp3) is 0.294. The van der Waals surface area contributed by atoms with Gasteiger partial charge in [0.15, 0.2) is 0 Å². The van der Waals surface area contributed by atoms with Crippen LogP contribution in [0.1, 0.15) is 24.1 Å². The number of hydrogen-bond donors (Lipinski definition) is 1. The Bertz CT molecular complexity index is 615. The van der Waals surface area contributed by atoms with Crippen LogP contribution in [0.5, 0.6) is 0 Å². The van der Waals surface area contributed by atoms with Crippen molar-refractivity contribution in [2.45, 2.75) is 19.5 Å². The largest absolute Gasteiger partial charge is 0.370 e. The molecule has 0 aliphatic carbocycles. The molecular formula is C17H20BrFN2. The van der Waals surface area contributed by atoms with Crippen molar-refractivity contribution in [3.63, 3.8) is 0 Å². The van der Waals surface area contributed by atoms with Crippen LogP contribution in [-0.4, -0.2) is 14.1 Å². The zero-order valence-electron chi connectivity index (χ0n) is 12.5. The number of benzene rings is 2. The van der Waals surface area contributed by atoms with Crippen LogP contribution in [0.2, 0.25) is 0 Å². The summed E-state index contributed by atoms with van der Waals surface area (Å²) >= 11 is 3.62. The lowest BCUT2D eigenvalue weighted by Gasteiger charge is -2.22. The Morgan fingerprint density at radius 3 is 2.57 bits per heavy atom. The van der Waals surface area contributed by atoms with Gasteiger partial charge in [0, 0.05) is 35.4 Å². The molecule has 0 bridgehead atoms. The Labute approximate surface area is 134 Å². The van der Waals surface area contributed by atoms with E-state index in [9.17, 15) is 4.39 Å². The quantitative estimate of drug-likeness (QED) is 0.853. The molecule has 0 fully saturated rings. The summed E-state index contributed by atoms with van der Waals surface area (Å²) in [5, 5.41) is 3.22. The number of nitrogens with one attached hydrogen (secondary N) is 1. The van der Waals surface area contributed by atoms with Gasteiger partial charge >= 0.3 is 0 Å². The van der Waals surface area contributed by atoms with Crippen LogP contribution in [-0.2, 0) is 6.54 Å². The third kappa shape index (κ3) is 3.83. The highest BCUT2D eigenvalue weighted by Crippen LogP contribution is 2.28. The minimum Gasteiger partial charge on any atom is -0.370 e. The Morgan fingerprint density at radius 1 is 1.24 bits per heavy atom. The average Bonchev–Trinajstić information content (AvgIpc) is 2.48. The first-order valence-corrected chi connectivity index (χ1v) is 7.73. The molecule has 0 aliphatic rings. The number of halogens is 2. The molecule has 2 aromatic rings. The lowest BCUT2D eigenvalue weighted by atomic mass is 10.1. The van der Waals surface area contributed by atoms with Crippen molar-refractivity contribution < 1.29 is 4.39 Å². The van der Waals surface area contributed by atoms with Crippen molar-refractivity contribution in [3.05, 3.63) is 63.9 Å². The van der Waals surface area contributed by atoms with Gasteiger partial charge in [0.2, 0.25) is 0 Å². The lowest BCUT2D eigenvalue weighted by Crippen LogP contribution is -2.18. The molecule has 2 aromatic carbocycles. The summed E-state index contributed by atoms with van der Waals surface area (Å²) in [4.78, 5) is 2.04. The van der Waals surface area contributed by atoms with Crippen LogP contribution in [0.3, 0.4) is 0 Å². The molecule has 0 amide bonds. The summed E-state index contributed by atoms with van der Waals surface area (Å²) in [6.45, 7) is 2.66. The summed E-state index contributed by atoms with van der Waals surface area (Å²) < 4.78 is 14.8. The van der Waals surface area contributed by atoms with Gasteiger partial charge in [-0.3, -0.25) is 0 Å². The molecule has 1 atom stereocenters. The summed E-state index contributed by atoms with van der Waals surface area (Å²) in [5.41, 5.74) is 2.96. The van der Waals surface area contributed by atoms with Crippen LogP contribution in [0.4, 0.5) is 10.1 Å². The van der Waals surface area contributed by atoms with Gasteiger partial charge in [-0.2, -0.15) is 0 Å². The summed E-state index contributed by atoms with van der Waals surface area (Å²) in [6.07, 6.45) is 0. The van der Waals surface area contributed by atoms with E-state index in [0.29, 0.717) is 12.1 Å². The predicted octanol–water partition coefficient (Wildman–Crippen LogP) is 4.51. The highest BCUT2D eigenvalue weighted by molar-refractivity contribution is 9.10. The highest BCUT2D eigenvalue weighted by atomic mass is 79.9. The number of rotatable bonds is 5. The normalized spacial score (nSPS) is 12.2. The van der Waals surface area contributed by atoms with Gasteiger partial charge in [-0.1, -0.05) is 40.2 Å². The second-order valence-electron chi connectivity index (χ2n) is 5.16. The first-order valence-electron chi connectivity index (χ1n) is 6.94. The maximum atomic E-state index is 13.7. The molecule has 0 heterocycles. The molecule has 2 nitrogen and oxygen atoms in total. The van der Waals surface area contributed by atoms with Gasteiger partial charge in [-0.15, -0.1) is 0 Å². The summed E-state index contributed by atoms with van der Waals surface area (Å²) in [5.74, 6) is -0.163. The molecule has 0 radical (unpaired) electrons. The predicted molar refractivity (Wildman–Crippen MR) is 90.1 cm³/mol. The molecule has 0 aliphatic heterocycles. The van der Waals surface area contributed by atoms with Gasteiger partial charge in [0.25, 0.3) is 0 Å². The molecule has 1 N–H and O–H groups in total. The Morgan fingerprint density at radius 2 is 1.95 bits per heavy atom. The lowest BCUT2D eigenvalue weighted by molar-refractivity contribution is 0.608. The molecule has 1 unspecified atom stereocenters. The monoisotopic (exact) mass is 350 g/mol. The summed E-state index contributed by atoms with van der Waals surface area (Å²) in [7, 11) is 3.91. The molecule has 0 saturated carbocycles. The van der Waals surface area contributed by atoms with E-state index >= 15 is 0 Å². The number of hydrogen-bond acceptors (Lipinski definition) is 2. The van der Waals surface area contributed by atoms with E-state index in [4.69, 9.17) is 0 Å². The molecule has 112 valence electrons. The minimum absolute atomic E-state index is 0.163. The second kappa shape index (κ2) is 7.05. The van der Waals surface area contributed by atoms with Crippen molar-refractivity contribution in [2.75, 3.05) is 19.0 Å². The van der Waals surface area contributed by atoms with E-state index in [0.717, 1.165) is 10.2 Å². The van der Waals surface area contributed by atoms with Crippen LogP contribution >= 0.6 is 15.9 Å². The molecule has 0 aromatic heterocycles. The van der Waals surface area contributed by atoms with Gasteiger partial charge < -0.3 is 10.2 Å². The average molecular weight is 351 g/mol. The fourth-order valence-corrected chi connectivity index (χ4v) is 2.94. The zero-order chi connectivity index (χ0) is 15.4. The van der Waals surface area contributed by atoms with E-state index in [1.165, 1.54) is 11.6 Å². The van der Waals surface area contributed by atoms with Crippen LogP contribution in [0.25, 0.3) is 0 Å². The maximum Gasteiger partial charge on any atom is 0.128 e. The van der Waals surface area contributed by atoms with E-state index < -0.39 is 0 Å². The maximum absolute atomic E-state index is 13.7. The van der Waals surface area contributed by atoms with Gasteiger partial charge in [0.1, 0.15) is 5.82 Å². The molecule has 0 spiro atoms. The van der Waals surface area contributed by atoms with Crippen molar-refractivity contribution in [3.8, 4) is 0 Å². The van der Waals surface area contributed by atoms with Crippen molar-refractivity contribution in [1.82, 2.24) is 5.32 Å². The molecule has 0 saturated heterocycles. The molecular weight excluding hydrogens is 331 g/mol. The van der Waals surface area contributed by atoms with Crippen LogP contribution in [0, 0.1) is 5.82 Å². The topological polar surface area (TPSA) is 15.3 Å². The van der Waals surface area contributed by atoms with Gasteiger partial charge in [-0.25, -0.2) is 4.39 Å². The third-order valence-corrected chi connectivity index (χ3v) is 4.38. The smallest absolute Gasteiger partial charge is 0.128 e. The summed E-state index contributed by atoms with van der Waals surface area (Å²) in [6, 6.07) is 13.4. The van der Waals surface area contributed by atoms with E-state index in [-0.39, 0.29) is 11.9 Å². The van der Waals surface area contributed by atoms with Gasteiger partial charge in [0.05, 0.1) is 0 Å². The Hall–Kier alpha value is -1.39. The fourth-order valence-electron chi connectivity index (χ4n) is 2.23. The second-order valence-corrected chi connectivity index (χ2v) is 6.02. The highest BCUT2D eigenvalue weighted by Gasteiger charge is 2.11. The Balaban J connectivity index is 2.18. The Kier molecular flexibility index (Phi) is 5.37. The SMILES string of the molecule is CNC(C)c1ccc(N(C)Cc2ccccc2F)cc1Br. The van der Waals surface area contributed by atoms with E-state index in [1.54, 1.807) is 6.07 Å². The minimum atomic E-state index is -0.163. The first kappa shape index (κ1) is 16.0. The molecule has 2 rings (SSSR count). The van der Waals surface area contributed by atoms with Crippen LogP contribution in [0.15, 0.2) is 46.9 Å². The molecule has 4 heteroatoms. The number of anilines is 1. The third-order valence-electron chi connectivity index (χ3n) is 3.69. The first-order chi connectivity index (χ1) is 10.0. The zero-order valence-corrected chi connectivity index (χ0v) is 14.1. The number of nitrogens with zero attached hydrogens (tertiary/aromatic N) is 1. The van der Waals surface area contributed by atoms with Gasteiger partial charge in [-0.05, 0) is 37.7 Å². The van der Waals surface area contributed by atoms with Crippen LogP contribution < -0.4 is 10.2 Å². The standard InChI is InChI=1S/C17H20BrFN2/c1-12(20-2)15-9-8-14(10-16(15)18)21(3)11-13-6-4-5-7-17(13)19/h4-10,12,20H,11H2,1-3H3. The van der Waals surface area contributed by atoms with Crippen molar-refractivity contribution in [1.29, 1.82) is 0 Å². The van der Waals surface area contributed by atoms with Crippen molar-refractivity contribution in [2.24, 2.45) is 0 Å². The van der Waals surface area contributed by atoms with E-state index in [1.807, 2.05) is 31.1 Å². The molecule has 21 heavy (non-hydrogen) atoms. The van der Waals surface area contributed by atoms with E-state index in [2.05, 4.69) is 46.4 Å². The van der Waals surface area contributed by atoms with Crippen molar-refractivity contribution >= 4 is 21.6 Å².